The summed E-state index contributed by atoms with van der Waals surface area (Å²) in [7, 11) is -4.64. The Balaban J connectivity index is -0.0000000296. The van der Waals surface area contributed by atoms with E-state index in [1.165, 1.54) is 0 Å². The number of carboxylic acid groups (broad SMARTS) is 2. The van der Waals surface area contributed by atoms with Crippen molar-refractivity contribution < 1.29 is 58.2 Å². The van der Waals surface area contributed by atoms with Crippen LogP contribution in [0.3, 0.4) is 0 Å². The summed E-state index contributed by atoms with van der Waals surface area (Å²) in [5, 5.41) is 36.4. The normalized spacial score (nSPS) is 5.62. The van der Waals surface area contributed by atoms with Crippen LogP contribution in [-0.4, -0.2) is 90.7 Å². The molecule has 0 unspecified atom stereocenters. The van der Waals surface area contributed by atoms with Gasteiger partial charge in [0.05, 0.1) is 0 Å². The van der Waals surface area contributed by atoms with E-state index in [1.807, 2.05) is 0 Å². The van der Waals surface area contributed by atoms with Gasteiger partial charge in [-0.25, -0.2) is 55.0 Å². The first kappa shape index (κ1) is 43.0. The zero-order valence-corrected chi connectivity index (χ0v) is 11.4. The van der Waals surface area contributed by atoms with Crippen molar-refractivity contribution in [3.63, 3.8) is 0 Å². The number of isocyanates is 4. The van der Waals surface area contributed by atoms with Crippen molar-refractivity contribution >= 4 is 73.6 Å². The zero-order chi connectivity index (χ0) is 20.5. The number of carbonyl (C=O) groups is 2. The monoisotopic (exact) mass is 384 g/mol. The fourth-order valence-corrected chi connectivity index (χ4v) is 0. The minimum atomic E-state index is -4.64. The van der Waals surface area contributed by atoms with E-state index < -0.39 is 19.8 Å². The van der Waals surface area contributed by atoms with Gasteiger partial charge in [-0.15, -0.1) is 0 Å². The van der Waals surface area contributed by atoms with Crippen LogP contribution in [0, 0.1) is 21.6 Å². The van der Waals surface area contributed by atoms with Crippen molar-refractivity contribution in [1.29, 1.82) is 21.6 Å². The molecule has 0 saturated carbocycles. The van der Waals surface area contributed by atoms with Gasteiger partial charge in [-0.3, -0.25) is 0 Å². The molecule has 132 valence electrons. The summed E-state index contributed by atoms with van der Waals surface area (Å²) >= 11 is 0. The molecule has 0 aromatic carbocycles. The average molecular weight is 384 g/mol. The molecule has 0 spiro atoms. The Kier molecular flexibility index (Phi) is 76.6. The summed E-state index contributed by atoms with van der Waals surface area (Å²) in [6.45, 7) is 0. The van der Waals surface area contributed by atoms with Crippen molar-refractivity contribution in [2.45, 2.75) is 0 Å². The first-order valence-corrected chi connectivity index (χ1v) is 5.27. The molecule has 0 aliphatic carbocycles. The molecule has 0 fully saturated rings. The Labute approximate surface area is 153 Å². The van der Waals surface area contributed by atoms with Crippen molar-refractivity contribution in [2.24, 2.45) is 0 Å². The Morgan fingerprint density at radius 1 is 0.667 bits per heavy atom. The van der Waals surface area contributed by atoms with Gasteiger partial charge in [-0.2, -0.15) is 0 Å². The van der Waals surface area contributed by atoms with Gasteiger partial charge in [0.15, 0.2) is 0 Å². The molecule has 0 saturated heterocycles. The Bertz CT molecular complexity index is 423. The van der Waals surface area contributed by atoms with E-state index in [-0.39, 0.29) is 29.6 Å². The minimum absolute atomic E-state index is 0. The Morgan fingerprint density at radius 2 is 0.708 bits per heavy atom. The van der Waals surface area contributed by atoms with Gasteiger partial charge in [0.1, 0.15) is 0 Å². The van der Waals surface area contributed by atoms with Crippen molar-refractivity contribution in [3.05, 3.63) is 0 Å². The van der Waals surface area contributed by atoms with Crippen molar-refractivity contribution in [2.75, 3.05) is 0 Å². The number of nitrogens with one attached hydrogen (secondary N) is 4. The third kappa shape index (κ3) is 2740. The average Bonchev–Trinajstić information content (AvgIpc) is 2.30. The SMILES string of the molecule is N=C=O.N=C=O.N=C=O.N=C=O.O=C(O)C(=O)O.O=P(O)(O)O.[NaH]. The summed E-state index contributed by atoms with van der Waals surface area (Å²) in [5.41, 5.74) is 0. The molecular formula is C6H10N4NaO12P. The van der Waals surface area contributed by atoms with Crippen LogP contribution in [0.5, 0.6) is 0 Å². The molecule has 0 radical (unpaired) electrons. The molecule has 0 aliphatic heterocycles. The molecule has 18 heteroatoms. The number of rotatable bonds is 0. The first-order valence-electron chi connectivity index (χ1n) is 3.70. The van der Waals surface area contributed by atoms with E-state index in [2.05, 4.69) is 0 Å². The van der Waals surface area contributed by atoms with Crippen LogP contribution in [0.4, 0.5) is 0 Å². The zero-order valence-electron chi connectivity index (χ0n) is 10.5. The van der Waals surface area contributed by atoms with E-state index in [1.54, 1.807) is 0 Å². The summed E-state index contributed by atoms with van der Waals surface area (Å²) < 4.78 is 8.88. The molecule has 16 nitrogen and oxygen atoms in total. The number of hydrogen-bond acceptors (Lipinski definition) is 11. The van der Waals surface area contributed by atoms with Crippen LogP contribution >= 0.6 is 7.82 Å². The molecule has 0 bridgehead atoms. The van der Waals surface area contributed by atoms with E-state index in [0.717, 1.165) is 24.3 Å². The first-order chi connectivity index (χ1) is 10.3. The van der Waals surface area contributed by atoms with Gasteiger partial charge in [0, 0.05) is 0 Å². The van der Waals surface area contributed by atoms with Crippen LogP contribution in [0.25, 0.3) is 0 Å². The second-order valence-electron chi connectivity index (χ2n) is 1.53. The van der Waals surface area contributed by atoms with Gasteiger partial charge in [0.25, 0.3) is 0 Å². The van der Waals surface area contributed by atoms with Gasteiger partial charge >= 0.3 is 49.3 Å². The molecule has 24 heavy (non-hydrogen) atoms. The van der Waals surface area contributed by atoms with Crippen LogP contribution in [-0.2, 0) is 33.3 Å². The third-order valence-corrected chi connectivity index (χ3v) is 0.183. The second-order valence-corrected chi connectivity index (χ2v) is 2.56. The van der Waals surface area contributed by atoms with Crippen LogP contribution in [0.2, 0.25) is 0 Å². The van der Waals surface area contributed by atoms with Gasteiger partial charge in [-0.05, 0) is 0 Å². The molecule has 0 rings (SSSR count). The maximum absolute atomic E-state index is 9.10. The molecule has 0 aromatic heterocycles. The summed E-state index contributed by atoms with van der Waals surface area (Å²) in [6, 6.07) is 0. The van der Waals surface area contributed by atoms with Crippen molar-refractivity contribution in [3.8, 4) is 0 Å². The summed E-state index contributed by atoms with van der Waals surface area (Å²) in [5.74, 6) is -3.65. The molecular weight excluding hydrogens is 374 g/mol. The van der Waals surface area contributed by atoms with E-state index in [9.17, 15) is 0 Å². The predicted molar refractivity (Wildman–Crippen MR) is 70.3 cm³/mol. The molecule has 0 aromatic rings. The quantitative estimate of drug-likeness (QED) is 0.0671. The van der Waals surface area contributed by atoms with Crippen LogP contribution in [0.15, 0.2) is 0 Å². The van der Waals surface area contributed by atoms with Crippen LogP contribution in [0.1, 0.15) is 0 Å². The number of phosphoric acid groups is 1. The molecule has 0 aliphatic rings. The number of carbonyl (C=O) groups excluding carboxylic acids is 4. The number of aliphatic carboxylic acids is 2. The van der Waals surface area contributed by atoms with Crippen LogP contribution < -0.4 is 0 Å². The summed E-state index contributed by atoms with van der Waals surface area (Å²) in [4.78, 5) is 73.2. The fourth-order valence-electron chi connectivity index (χ4n) is 0. The number of carboxylic acids is 2. The van der Waals surface area contributed by atoms with Gasteiger partial charge in [0.2, 0.25) is 24.3 Å². The Morgan fingerprint density at radius 3 is 0.708 bits per heavy atom. The molecule has 9 N–H and O–H groups in total. The standard InChI is InChI=1S/C2H2O4.4CHNO.Na.H3O4P.H/c3-1(4)2(5)6;4*2-1-3;;1-5(2,3)4;/h(H,3,4)(H,5,6);4*2H;;(H3,1,2,3,4);. The third-order valence-electron chi connectivity index (χ3n) is 0.183. The van der Waals surface area contributed by atoms with Gasteiger partial charge in [-0.1, -0.05) is 0 Å². The van der Waals surface area contributed by atoms with Gasteiger partial charge < -0.3 is 24.9 Å². The predicted octanol–water partition coefficient (Wildman–Crippen LogP) is -2.82. The molecule has 0 heterocycles. The maximum atomic E-state index is 9.10. The molecule has 0 atom stereocenters. The Hall–Kier alpha value is -2.43. The van der Waals surface area contributed by atoms with Crippen molar-refractivity contribution in [1.82, 2.24) is 0 Å². The summed E-state index contributed by atoms with van der Waals surface area (Å²) in [6.07, 6.45) is 3.00. The topological polar surface area (TPSA) is 316 Å². The number of hydrogen-bond donors (Lipinski definition) is 9. The fraction of sp³-hybridized carbons (Fsp3) is 0. The van der Waals surface area contributed by atoms with E-state index >= 15 is 0 Å². The molecule has 0 amide bonds. The van der Waals surface area contributed by atoms with E-state index in [0.29, 0.717) is 0 Å². The second kappa shape index (κ2) is 42.8. The van der Waals surface area contributed by atoms with E-state index in [4.69, 9.17) is 79.9 Å².